The molecule has 1 aromatic heterocycles. The highest BCUT2D eigenvalue weighted by atomic mass is 32.2. The fraction of sp³-hybridized carbons (Fsp3) is 0.300. The van der Waals surface area contributed by atoms with E-state index in [1.807, 2.05) is 25.5 Å². The number of sulfone groups is 1. The molecule has 0 aliphatic carbocycles. The minimum Gasteiger partial charge on any atom is -0.319 e. The van der Waals surface area contributed by atoms with Crippen LogP contribution in [0.4, 0.5) is 0 Å². The summed E-state index contributed by atoms with van der Waals surface area (Å²) in [7, 11) is -1.47. The summed E-state index contributed by atoms with van der Waals surface area (Å²) in [5.41, 5.74) is 3.38. The van der Waals surface area contributed by atoms with E-state index in [9.17, 15) is 13.2 Å². The topological polar surface area (TPSA) is 68.5 Å². The molecule has 0 N–H and O–H groups in total. The van der Waals surface area contributed by atoms with E-state index in [0.717, 1.165) is 21.3 Å². The normalized spacial score (nSPS) is 12.6. The Balaban J connectivity index is 1.73. The molecule has 0 unspecified atom stereocenters. The quantitative estimate of drug-likeness (QED) is 0.655. The molecule has 7 heteroatoms. The third-order valence-electron chi connectivity index (χ3n) is 4.37. The van der Waals surface area contributed by atoms with E-state index >= 15 is 0 Å². The van der Waals surface area contributed by atoms with Crippen molar-refractivity contribution in [3.63, 3.8) is 0 Å². The van der Waals surface area contributed by atoms with Crippen LogP contribution in [-0.4, -0.2) is 24.6 Å². The highest BCUT2D eigenvalue weighted by Gasteiger charge is 2.14. The number of carbonyl (C=O) groups is 1. The molecule has 0 atom stereocenters. The highest BCUT2D eigenvalue weighted by Crippen LogP contribution is 2.22. The van der Waals surface area contributed by atoms with Crippen LogP contribution in [0.15, 0.2) is 52.4 Å². The van der Waals surface area contributed by atoms with E-state index in [1.165, 1.54) is 11.3 Å². The van der Waals surface area contributed by atoms with Crippen LogP contribution in [-0.2, 0) is 21.7 Å². The molecule has 0 saturated carbocycles. The van der Waals surface area contributed by atoms with Crippen molar-refractivity contribution in [1.82, 2.24) is 4.57 Å². The summed E-state index contributed by atoms with van der Waals surface area (Å²) in [5.74, 6) is -0.357. The number of aromatic nitrogens is 1. The number of carbonyl (C=O) groups excluding carboxylic acids is 1. The molecule has 0 saturated heterocycles. The van der Waals surface area contributed by atoms with Crippen molar-refractivity contribution in [2.75, 3.05) is 5.75 Å². The van der Waals surface area contributed by atoms with Gasteiger partial charge in [-0.2, -0.15) is 4.99 Å². The van der Waals surface area contributed by atoms with Crippen LogP contribution in [0.1, 0.15) is 24.0 Å². The maximum atomic E-state index is 12.3. The molecule has 0 fully saturated rings. The Morgan fingerprint density at radius 2 is 1.85 bits per heavy atom. The first-order chi connectivity index (χ1) is 12.8. The fourth-order valence-electron chi connectivity index (χ4n) is 3.00. The van der Waals surface area contributed by atoms with Crippen molar-refractivity contribution in [2.24, 2.45) is 12.0 Å². The van der Waals surface area contributed by atoms with E-state index in [4.69, 9.17) is 0 Å². The summed E-state index contributed by atoms with van der Waals surface area (Å²) < 4.78 is 27.6. The van der Waals surface area contributed by atoms with Gasteiger partial charge in [-0.1, -0.05) is 35.6 Å². The molecule has 3 aromatic rings. The summed E-state index contributed by atoms with van der Waals surface area (Å²) in [6.07, 6.45) is 0.366. The summed E-state index contributed by atoms with van der Waals surface area (Å²) >= 11 is 1.48. The Labute approximate surface area is 162 Å². The molecule has 1 heterocycles. The molecule has 2 aromatic carbocycles. The zero-order chi connectivity index (χ0) is 19.6. The second kappa shape index (κ2) is 7.78. The standard InChI is InChI=1S/C20H22N2O3S2/c1-14-12-15(2)19-17(13-14)22(3)20(26-19)21-18(23)10-7-11-27(24,25)16-8-5-4-6-9-16/h4-6,8-9,12-13H,7,10-11H2,1-3H3. The largest absolute Gasteiger partial charge is 0.319 e. The second-order valence-electron chi connectivity index (χ2n) is 6.61. The van der Waals surface area contributed by atoms with Gasteiger partial charge in [-0.3, -0.25) is 4.79 Å². The monoisotopic (exact) mass is 402 g/mol. The van der Waals surface area contributed by atoms with Crippen LogP contribution in [0.3, 0.4) is 0 Å². The Kier molecular flexibility index (Phi) is 5.62. The van der Waals surface area contributed by atoms with Crippen molar-refractivity contribution in [3.05, 3.63) is 58.4 Å². The maximum absolute atomic E-state index is 12.3. The first-order valence-electron chi connectivity index (χ1n) is 8.70. The highest BCUT2D eigenvalue weighted by molar-refractivity contribution is 7.91. The van der Waals surface area contributed by atoms with Crippen LogP contribution in [0, 0.1) is 13.8 Å². The third kappa shape index (κ3) is 4.36. The number of thiazole rings is 1. The first-order valence-corrected chi connectivity index (χ1v) is 11.2. The molecule has 3 rings (SSSR count). The van der Waals surface area contributed by atoms with Gasteiger partial charge >= 0.3 is 0 Å². The Morgan fingerprint density at radius 3 is 2.56 bits per heavy atom. The molecule has 0 radical (unpaired) electrons. The van der Waals surface area contributed by atoms with Crippen LogP contribution in [0.5, 0.6) is 0 Å². The molecular weight excluding hydrogens is 380 g/mol. The fourth-order valence-corrected chi connectivity index (χ4v) is 5.41. The number of aryl methyl sites for hydroxylation is 3. The van der Waals surface area contributed by atoms with E-state index in [-0.39, 0.29) is 29.4 Å². The number of nitrogens with zero attached hydrogens (tertiary/aromatic N) is 2. The lowest BCUT2D eigenvalue weighted by atomic mass is 10.1. The Morgan fingerprint density at radius 1 is 1.15 bits per heavy atom. The van der Waals surface area contributed by atoms with Crippen molar-refractivity contribution in [3.8, 4) is 0 Å². The summed E-state index contributed by atoms with van der Waals surface area (Å²) in [4.78, 5) is 17.4. The summed E-state index contributed by atoms with van der Waals surface area (Å²) in [5, 5.41) is 0. The number of amides is 1. The van der Waals surface area contributed by atoms with Gasteiger partial charge < -0.3 is 4.57 Å². The van der Waals surface area contributed by atoms with Gasteiger partial charge in [-0.15, -0.1) is 0 Å². The number of rotatable bonds is 5. The van der Waals surface area contributed by atoms with Gasteiger partial charge in [-0.05, 0) is 49.6 Å². The molecule has 0 spiro atoms. The van der Waals surface area contributed by atoms with Crippen molar-refractivity contribution in [1.29, 1.82) is 0 Å². The van der Waals surface area contributed by atoms with Gasteiger partial charge in [0.2, 0.25) is 5.91 Å². The predicted molar refractivity (Wildman–Crippen MR) is 109 cm³/mol. The smallest absolute Gasteiger partial charge is 0.248 e. The number of hydrogen-bond acceptors (Lipinski definition) is 4. The van der Waals surface area contributed by atoms with Crippen molar-refractivity contribution in [2.45, 2.75) is 31.6 Å². The van der Waals surface area contributed by atoms with Gasteiger partial charge in [0.05, 0.1) is 20.9 Å². The summed E-state index contributed by atoms with van der Waals surface area (Å²) in [6, 6.07) is 12.5. The number of benzene rings is 2. The predicted octanol–water partition coefficient (Wildman–Crippen LogP) is 3.54. The van der Waals surface area contributed by atoms with Gasteiger partial charge in [0.25, 0.3) is 0 Å². The average molecular weight is 403 g/mol. The van der Waals surface area contributed by atoms with E-state index in [1.54, 1.807) is 30.3 Å². The molecule has 1 amide bonds. The molecule has 0 aliphatic heterocycles. The molecule has 142 valence electrons. The molecule has 0 aliphatic rings. The zero-order valence-corrected chi connectivity index (χ0v) is 17.2. The van der Waals surface area contributed by atoms with Crippen molar-refractivity contribution < 1.29 is 13.2 Å². The summed E-state index contributed by atoms with van der Waals surface area (Å²) in [6.45, 7) is 4.09. The van der Waals surface area contributed by atoms with Gasteiger partial charge in [0, 0.05) is 13.5 Å². The SMILES string of the molecule is Cc1cc(C)c2sc(=NC(=O)CCCS(=O)(=O)c3ccccc3)n(C)c2c1. The lowest BCUT2D eigenvalue weighted by molar-refractivity contribution is -0.118. The van der Waals surface area contributed by atoms with E-state index in [2.05, 4.69) is 17.1 Å². The second-order valence-corrected chi connectivity index (χ2v) is 9.70. The van der Waals surface area contributed by atoms with E-state index < -0.39 is 9.84 Å². The minimum atomic E-state index is -3.36. The third-order valence-corrected chi connectivity index (χ3v) is 7.47. The molecule has 5 nitrogen and oxygen atoms in total. The average Bonchev–Trinajstić information content (AvgIpc) is 2.92. The van der Waals surface area contributed by atoms with Crippen LogP contribution in [0.25, 0.3) is 10.2 Å². The molecule has 0 bridgehead atoms. The van der Waals surface area contributed by atoms with Crippen LogP contribution >= 0.6 is 11.3 Å². The van der Waals surface area contributed by atoms with Crippen molar-refractivity contribution >= 4 is 37.3 Å². The molecular formula is C20H22N2O3S2. The maximum Gasteiger partial charge on any atom is 0.248 e. The number of fused-ring (bicyclic) bond motifs is 1. The lowest BCUT2D eigenvalue weighted by Gasteiger charge is -2.03. The van der Waals surface area contributed by atoms with Crippen LogP contribution in [0.2, 0.25) is 0 Å². The van der Waals surface area contributed by atoms with Crippen LogP contribution < -0.4 is 4.80 Å². The Bertz CT molecular complexity index is 1160. The lowest BCUT2D eigenvalue weighted by Crippen LogP contribution is -2.14. The zero-order valence-electron chi connectivity index (χ0n) is 15.6. The molecule has 27 heavy (non-hydrogen) atoms. The van der Waals surface area contributed by atoms with Gasteiger partial charge in [0.15, 0.2) is 14.6 Å². The Hall–Kier alpha value is -2.25. The number of hydrogen-bond donors (Lipinski definition) is 0. The first kappa shape index (κ1) is 19.5. The minimum absolute atomic E-state index is 0.0604. The van der Waals surface area contributed by atoms with Gasteiger partial charge in [-0.25, -0.2) is 8.42 Å². The van der Waals surface area contributed by atoms with E-state index in [0.29, 0.717) is 4.80 Å². The van der Waals surface area contributed by atoms with Gasteiger partial charge in [0.1, 0.15) is 0 Å².